The number of esters is 1. The molecule has 4 heteroatoms. The van der Waals surface area contributed by atoms with Crippen molar-refractivity contribution in [2.75, 3.05) is 6.61 Å². The number of H-pyrrole nitrogens is 1. The second kappa shape index (κ2) is 5.35. The van der Waals surface area contributed by atoms with Crippen molar-refractivity contribution < 1.29 is 9.53 Å². The molecule has 72 valence electrons. The molecule has 0 saturated heterocycles. The van der Waals surface area contributed by atoms with Crippen molar-refractivity contribution >= 4 is 5.97 Å². The number of hydrogen-bond donors (Lipinski definition) is 1. The van der Waals surface area contributed by atoms with Crippen molar-refractivity contribution in [2.45, 2.75) is 26.2 Å². The number of nitrogens with one attached hydrogen (secondary N) is 1. The summed E-state index contributed by atoms with van der Waals surface area (Å²) in [6.45, 7) is 2.58. The standard InChI is InChI=1S/C9H14N2O2/c1-2-3-6-13-9(12)7-8-4-5-10-11-8/h4-5H,2-3,6-7H2,1H3,(H,10,11). The van der Waals surface area contributed by atoms with E-state index < -0.39 is 0 Å². The van der Waals surface area contributed by atoms with Crippen molar-refractivity contribution in [1.82, 2.24) is 10.2 Å². The van der Waals surface area contributed by atoms with E-state index in [1.165, 1.54) is 0 Å². The van der Waals surface area contributed by atoms with Crippen molar-refractivity contribution in [3.8, 4) is 0 Å². The molecular formula is C9H14N2O2. The molecule has 1 aromatic rings. The third kappa shape index (κ3) is 3.73. The number of rotatable bonds is 5. The quantitative estimate of drug-likeness (QED) is 0.551. The average Bonchev–Trinajstić information content (AvgIpc) is 2.57. The fraction of sp³-hybridized carbons (Fsp3) is 0.556. The van der Waals surface area contributed by atoms with Gasteiger partial charge in [0, 0.05) is 11.9 Å². The van der Waals surface area contributed by atoms with Crippen LogP contribution in [0.2, 0.25) is 0 Å². The monoisotopic (exact) mass is 182 g/mol. The van der Waals surface area contributed by atoms with Gasteiger partial charge in [0.05, 0.1) is 13.0 Å². The Kier molecular flexibility index (Phi) is 4.02. The Hall–Kier alpha value is -1.32. The highest BCUT2D eigenvalue weighted by atomic mass is 16.5. The van der Waals surface area contributed by atoms with E-state index in [0.29, 0.717) is 6.61 Å². The van der Waals surface area contributed by atoms with Gasteiger partial charge in [-0.1, -0.05) is 13.3 Å². The minimum absolute atomic E-state index is 0.197. The van der Waals surface area contributed by atoms with Crippen LogP contribution in [0.25, 0.3) is 0 Å². The summed E-state index contributed by atoms with van der Waals surface area (Å²) in [7, 11) is 0. The fourth-order valence-corrected chi connectivity index (χ4v) is 0.920. The number of nitrogens with zero attached hydrogens (tertiary/aromatic N) is 1. The molecule has 13 heavy (non-hydrogen) atoms. The van der Waals surface area contributed by atoms with Gasteiger partial charge in [0.15, 0.2) is 0 Å². The van der Waals surface area contributed by atoms with E-state index in [1.54, 1.807) is 12.3 Å². The highest BCUT2D eigenvalue weighted by Gasteiger charge is 2.04. The smallest absolute Gasteiger partial charge is 0.311 e. The van der Waals surface area contributed by atoms with Crippen molar-refractivity contribution in [3.05, 3.63) is 18.0 Å². The maximum Gasteiger partial charge on any atom is 0.311 e. The SMILES string of the molecule is CCCCOC(=O)Cc1ccn[nH]1. The van der Waals surface area contributed by atoms with Gasteiger partial charge in [0.25, 0.3) is 0 Å². The summed E-state index contributed by atoms with van der Waals surface area (Å²) in [4.78, 5) is 11.1. The molecule has 0 amide bonds. The van der Waals surface area contributed by atoms with Gasteiger partial charge in [-0.05, 0) is 12.5 Å². The minimum atomic E-state index is -0.197. The molecule has 0 aliphatic rings. The molecule has 1 N–H and O–H groups in total. The van der Waals surface area contributed by atoms with E-state index >= 15 is 0 Å². The third-order valence-corrected chi connectivity index (χ3v) is 1.65. The Labute approximate surface area is 77.3 Å². The van der Waals surface area contributed by atoms with E-state index in [1.807, 2.05) is 0 Å². The van der Waals surface area contributed by atoms with Crippen LogP contribution in [-0.4, -0.2) is 22.8 Å². The predicted octanol–water partition coefficient (Wildman–Crippen LogP) is 1.30. The first-order valence-electron chi connectivity index (χ1n) is 4.46. The molecule has 0 aliphatic heterocycles. The summed E-state index contributed by atoms with van der Waals surface area (Å²) >= 11 is 0. The van der Waals surface area contributed by atoms with Crippen LogP contribution < -0.4 is 0 Å². The summed E-state index contributed by atoms with van der Waals surface area (Å²) in [6.07, 6.45) is 3.87. The van der Waals surface area contributed by atoms with Crippen LogP contribution in [0, 0.1) is 0 Å². The zero-order chi connectivity index (χ0) is 9.52. The normalized spacial score (nSPS) is 9.92. The number of carbonyl (C=O) groups excluding carboxylic acids is 1. The first-order valence-corrected chi connectivity index (χ1v) is 4.46. The van der Waals surface area contributed by atoms with Gasteiger partial charge < -0.3 is 4.74 Å². The molecule has 0 aliphatic carbocycles. The molecule has 0 saturated carbocycles. The molecule has 0 fully saturated rings. The van der Waals surface area contributed by atoms with Gasteiger partial charge in [-0.15, -0.1) is 0 Å². The highest BCUT2D eigenvalue weighted by Crippen LogP contribution is 1.96. The fourth-order valence-electron chi connectivity index (χ4n) is 0.920. The molecule has 0 radical (unpaired) electrons. The number of aromatic amines is 1. The Balaban J connectivity index is 2.18. The molecule has 0 spiro atoms. The van der Waals surface area contributed by atoms with E-state index in [-0.39, 0.29) is 12.4 Å². The summed E-state index contributed by atoms with van der Waals surface area (Å²) < 4.78 is 4.97. The van der Waals surface area contributed by atoms with E-state index in [9.17, 15) is 4.79 Å². The number of hydrogen-bond acceptors (Lipinski definition) is 3. The maximum absolute atomic E-state index is 11.1. The van der Waals surface area contributed by atoms with Gasteiger partial charge >= 0.3 is 5.97 Å². The van der Waals surface area contributed by atoms with Gasteiger partial charge in [-0.25, -0.2) is 0 Å². The molecule has 0 aromatic carbocycles. The zero-order valence-electron chi connectivity index (χ0n) is 7.75. The molecular weight excluding hydrogens is 168 g/mol. The minimum Gasteiger partial charge on any atom is -0.465 e. The second-order valence-electron chi connectivity index (χ2n) is 2.83. The van der Waals surface area contributed by atoms with E-state index in [4.69, 9.17) is 4.74 Å². The third-order valence-electron chi connectivity index (χ3n) is 1.65. The number of aromatic nitrogens is 2. The molecule has 1 rings (SSSR count). The van der Waals surface area contributed by atoms with E-state index in [2.05, 4.69) is 17.1 Å². The highest BCUT2D eigenvalue weighted by molar-refractivity contribution is 5.71. The first-order chi connectivity index (χ1) is 6.33. The van der Waals surface area contributed by atoms with Crippen LogP contribution in [0.5, 0.6) is 0 Å². The van der Waals surface area contributed by atoms with Crippen LogP contribution in [0.15, 0.2) is 12.3 Å². The topological polar surface area (TPSA) is 55.0 Å². The summed E-state index contributed by atoms with van der Waals surface area (Å²) in [5, 5.41) is 6.45. The van der Waals surface area contributed by atoms with Crippen LogP contribution in [0.1, 0.15) is 25.5 Å². The molecule has 0 unspecified atom stereocenters. The lowest BCUT2D eigenvalue weighted by molar-refractivity contribution is -0.143. The summed E-state index contributed by atoms with van der Waals surface area (Å²) in [5.74, 6) is -0.197. The Morgan fingerprint density at radius 3 is 3.15 bits per heavy atom. The predicted molar refractivity (Wildman–Crippen MR) is 48.2 cm³/mol. The van der Waals surface area contributed by atoms with Gasteiger partial charge in [0.2, 0.25) is 0 Å². The number of unbranched alkanes of at least 4 members (excludes halogenated alkanes) is 1. The van der Waals surface area contributed by atoms with E-state index in [0.717, 1.165) is 18.5 Å². The van der Waals surface area contributed by atoms with Crippen molar-refractivity contribution in [1.29, 1.82) is 0 Å². The largest absolute Gasteiger partial charge is 0.465 e. The number of ether oxygens (including phenoxy) is 1. The zero-order valence-corrected chi connectivity index (χ0v) is 7.75. The van der Waals surface area contributed by atoms with Gasteiger partial charge in [0.1, 0.15) is 0 Å². The molecule has 1 aromatic heterocycles. The van der Waals surface area contributed by atoms with Crippen molar-refractivity contribution in [2.24, 2.45) is 0 Å². The summed E-state index contributed by atoms with van der Waals surface area (Å²) in [6, 6.07) is 1.76. The second-order valence-corrected chi connectivity index (χ2v) is 2.83. The van der Waals surface area contributed by atoms with Crippen LogP contribution in [0.4, 0.5) is 0 Å². The lowest BCUT2D eigenvalue weighted by Crippen LogP contribution is -2.09. The Bertz CT molecular complexity index is 244. The summed E-state index contributed by atoms with van der Waals surface area (Å²) in [5.41, 5.74) is 0.793. The van der Waals surface area contributed by atoms with Gasteiger partial charge in [-0.3, -0.25) is 9.89 Å². The van der Waals surface area contributed by atoms with Crippen LogP contribution in [-0.2, 0) is 16.0 Å². The van der Waals surface area contributed by atoms with Crippen LogP contribution >= 0.6 is 0 Å². The van der Waals surface area contributed by atoms with Crippen LogP contribution in [0.3, 0.4) is 0 Å². The molecule has 0 atom stereocenters. The molecule has 4 nitrogen and oxygen atoms in total. The average molecular weight is 182 g/mol. The number of carbonyl (C=O) groups is 1. The first kappa shape index (κ1) is 9.77. The van der Waals surface area contributed by atoms with Gasteiger partial charge in [-0.2, -0.15) is 5.10 Å². The Morgan fingerprint density at radius 1 is 1.69 bits per heavy atom. The van der Waals surface area contributed by atoms with Crippen molar-refractivity contribution in [3.63, 3.8) is 0 Å². The molecule has 0 bridgehead atoms. The molecule has 1 heterocycles. The maximum atomic E-state index is 11.1. The lowest BCUT2D eigenvalue weighted by Gasteiger charge is -2.01. The Morgan fingerprint density at radius 2 is 2.54 bits per heavy atom. The lowest BCUT2D eigenvalue weighted by atomic mass is 10.3.